The summed E-state index contributed by atoms with van der Waals surface area (Å²) in [5.74, 6) is 0. The molecule has 0 atom stereocenters. The second-order valence-corrected chi connectivity index (χ2v) is 4.17. The molecule has 88 valence electrons. The quantitative estimate of drug-likeness (QED) is 0.706. The van der Waals surface area contributed by atoms with Crippen LogP contribution in [0.5, 0.6) is 0 Å². The number of nitrogens with one attached hydrogen (secondary N) is 1. The number of benzene rings is 2. The van der Waals surface area contributed by atoms with Gasteiger partial charge in [0, 0.05) is 23.6 Å². The summed E-state index contributed by atoms with van der Waals surface area (Å²) in [6, 6.07) is 13.7. The third-order valence-electron chi connectivity index (χ3n) is 2.68. The van der Waals surface area contributed by atoms with Crippen molar-refractivity contribution in [3.05, 3.63) is 53.6 Å². The van der Waals surface area contributed by atoms with Crippen molar-refractivity contribution in [2.24, 2.45) is 0 Å². The Morgan fingerprint density at radius 3 is 2.47 bits per heavy atom. The highest BCUT2D eigenvalue weighted by Crippen LogP contribution is 2.18. The molecule has 0 heterocycles. The second kappa shape index (κ2) is 4.78. The Morgan fingerprint density at radius 1 is 1.00 bits per heavy atom. The van der Waals surface area contributed by atoms with Crippen molar-refractivity contribution in [1.29, 1.82) is 0 Å². The Hall–Kier alpha value is -2.16. The molecule has 0 radical (unpaired) electrons. The summed E-state index contributed by atoms with van der Waals surface area (Å²) in [5, 5.41) is 3.37. The maximum absolute atomic E-state index is 5.73. The van der Waals surface area contributed by atoms with Gasteiger partial charge in [-0.1, -0.05) is 12.1 Å². The van der Waals surface area contributed by atoms with Crippen LogP contribution in [0, 0.1) is 6.92 Å². The molecule has 0 aliphatic heterocycles. The Balaban J connectivity index is 2.07. The molecule has 0 aliphatic carbocycles. The van der Waals surface area contributed by atoms with Crippen molar-refractivity contribution in [1.82, 2.24) is 0 Å². The van der Waals surface area contributed by atoms with Gasteiger partial charge in [-0.3, -0.25) is 0 Å². The number of hydrogen-bond donors (Lipinski definition) is 3. The minimum absolute atomic E-state index is 0.760. The van der Waals surface area contributed by atoms with E-state index in [4.69, 9.17) is 11.5 Å². The molecule has 3 heteroatoms. The van der Waals surface area contributed by atoms with Gasteiger partial charge < -0.3 is 16.8 Å². The van der Waals surface area contributed by atoms with Gasteiger partial charge in [-0.15, -0.1) is 0 Å². The fourth-order valence-corrected chi connectivity index (χ4v) is 1.79. The van der Waals surface area contributed by atoms with Gasteiger partial charge in [0.1, 0.15) is 0 Å². The fourth-order valence-electron chi connectivity index (χ4n) is 1.79. The predicted molar refractivity (Wildman–Crippen MR) is 73.8 cm³/mol. The van der Waals surface area contributed by atoms with E-state index in [-0.39, 0.29) is 0 Å². The topological polar surface area (TPSA) is 64.1 Å². The zero-order chi connectivity index (χ0) is 12.3. The molecular weight excluding hydrogens is 210 g/mol. The number of aryl methyl sites for hydroxylation is 1. The van der Waals surface area contributed by atoms with Crippen molar-refractivity contribution in [2.45, 2.75) is 13.5 Å². The summed E-state index contributed by atoms with van der Waals surface area (Å²) in [7, 11) is 0. The Morgan fingerprint density at radius 2 is 1.76 bits per heavy atom. The highest BCUT2D eigenvalue weighted by atomic mass is 14.9. The third kappa shape index (κ3) is 2.91. The normalized spacial score (nSPS) is 10.2. The average molecular weight is 227 g/mol. The van der Waals surface area contributed by atoms with E-state index < -0.39 is 0 Å². The SMILES string of the molecule is Cc1cc(N)ccc1NCc1cccc(N)c1. The van der Waals surface area contributed by atoms with Crippen LogP contribution in [-0.2, 0) is 6.54 Å². The fraction of sp³-hybridized carbons (Fsp3) is 0.143. The number of rotatable bonds is 3. The highest BCUT2D eigenvalue weighted by molar-refractivity contribution is 5.57. The standard InChI is InChI=1S/C14H17N3/c1-10-7-13(16)5-6-14(10)17-9-11-3-2-4-12(15)8-11/h2-8,17H,9,15-16H2,1H3. The lowest BCUT2D eigenvalue weighted by Gasteiger charge is -2.10. The van der Waals surface area contributed by atoms with Gasteiger partial charge >= 0.3 is 0 Å². The van der Waals surface area contributed by atoms with Gasteiger partial charge in [0.2, 0.25) is 0 Å². The molecule has 0 unspecified atom stereocenters. The van der Waals surface area contributed by atoms with Crippen LogP contribution in [0.3, 0.4) is 0 Å². The maximum atomic E-state index is 5.73. The molecule has 3 nitrogen and oxygen atoms in total. The minimum Gasteiger partial charge on any atom is -0.399 e. The van der Waals surface area contributed by atoms with Gasteiger partial charge in [0.15, 0.2) is 0 Å². The Bertz CT molecular complexity index is 521. The largest absolute Gasteiger partial charge is 0.399 e. The van der Waals surface area contributed by atoms with Gasteiger partial charge in [-0.25, -0.2) is 0 Å². The third-order valence-corrected chi connectivity index (χ3v) is 2.68. The lowest BCUT2D eigenvalue weighted by atomic mass is 10.1. The van der Waals surface area contributed by atoms with Crippen LogP contribution in [-0.4, -0.2) is 0 Å². The van der Waals surface area contributed by atoms with E-state index in [0.717, 1.165) is 29.2 Å². The molecule has 0 aliphatic rings. The van der Waals surface area contributed by atoms with Gasteiger partial charge in [0.25, 0.3) is 0 Å². The molecule has 5 N–H and O–H groups in total. The van der Waals surface area contributed by atoms with Gasteiger partial charge in [-0.2, -0.15) is 0 Å². The number of anilines is 3. The molecular formula is C14H17N3. The van der Waals surface area contributed by atoms with E-state index in [1.54, 1.807) is 0 Å². The van der Waals surface area contributed by atoms with Crippen LogP contribution in [0.4, 0.5) is 17.1 Å². The molecule has 0 spiro atoms. The van der Waals surface area contributed by atoms with E-state index in [1.807, 2.05) is 43.3 Å². The van der Waals surface area contributed by atoms with E-state index >= 15 is 0 Å². The summed E-state index contributed by atoms with van der Waals surface area (Å²) in [4.78, 5) is 0. The lowest BCUT2D eigenvalue weighted by molar-refractivity contribution is 1.14. The molecule has 0 saturated carbocycles. The van der Waals surface area contributed by atoms with Crippen molar-refractivity contribution >= 4 is 17.1 Å². The first-order valence-corrected chi connectivity index (χ1v) is 5.59. The van der Waals surface area contributed by atoms with Crippen LogP contribution in [0.25, 0.3) is 0 Å². The van der Waals surface area contributed by atoms with Crippen molar-refractivity contribution in [2.75, 3.05) is 16.8 Å². The molecule has 0 fully saturated rings. The highest BCUT2D eigenvalue weighted by Gasteiger charge is 1.99. The van der Waals surface area contributed by atoms with Crippen LogP contribution in [0.2, 0.25) is 0 Å². The summed E-state index contributed by atoms with van der Waals surface area (Å²) in [6.07, 6.45) is 0. The molecule has 0 aromatic heterocycles. The first kappa shape index (κ1) is 11.3. The summed E-state index contributed by atoms with van der Waals surface area (Å²) in [5.41, 5.74) is 16.4. The van der Waals surface area contributed by atoms with Gasteiger partial charge in [0.05, 0.1) is 0 Å². The number of nitrogen functional groups attached to an aromatic ring is 2. The van der Waals surface area contributed by atoms with E-state index in [1.165, 1.54) is 5.56 Å². The van der Waals surface area contributed by atoms with Crippen LogP contribution >= 0.6 is 0 Å². The molecule has 17 heavy (non-hydrogen) atoms. The van der Waals surface area contributed by atoms with Crippen molar-refractivity contribution in [3.63, 3.8) is 0 Å². The summed E-state index contributed by atoms with van der Waals surface area (Å²) >= 11 is 0. The Kier molecular flexibility index (Phi) is 3.19. The minimum atomic E-state index is 0.760. The summed E-state index contributed by atoms with van der Waals surface area (Å²) in [6.45, 7) is 2.80. The van der Waals surface area contributed by atoms with Crippen LogP contribution < -0.4 is 16.8 Å². The molecule has 2 aromatic rings. The average Bonchev–Trinajstić information content (AvgIpc) is 2.28. The monoisotopic (exact) mass is 227 g/mol. The first-order valence-electron chi connectivity index (χ1n) is 5.59. The lowest BCUT2D eigenvalue weighted by Crippen LogP contribution is -2.02. The molecule has 0 bridgehead atoms. The van der Waals surface area contributed by atoms with E-state index in [0.29, 0.717) is 0 Å². The van der Waals surface area contributed by atoms with Crippen LogP contribution in [0.1, 0.15) is 11.1 Å². The van der Waals surface area contributed by atoms with Gasteiger partial charge in [-0.05, 0) is 48.4 Å². The van der Waals surface area contributed by atoms with Crippen molar-refractivity contribution in [3.8, 4) is 0 Å². The van der Waals surface area contributed by atoms with E-state index in [9.17, 15) is 0 Å². The first-order chi connectivity index (χ1) is 8.15. The molecule has 2 aromatic carbocycles. The van der Waals surface area contributed by atoms with Crippen molar-refractivity contribution < 1.29 is 0 Å². The summed E-state index contributed by atoms with van der Waals surface area (Å²) < 4.78 is 0. The molecule has 0 saturated heterocycles. The smallest absolute Gasteiger partial charge is 0.0401 e. The number of nitrogens with two attached hydrogens (primary N) is 2. The molecule has 2 rings (SSSR count). The van der Waals surface area contributed by atoms with E-state index in [2.05, 4.69) is 11.4 Å². The zero-order valence-corrected chi connectivity index (χ0v) is 9.90. The second-order valence-electron chi connectivity index (χ2n) is 4.17. The Labute approximate surface area is 101 Å². The predicted octanol–water partition coefficient (Wildman–Crippen LogP) is 2.77. The molecule has 0 amide bonds. The van der Waals surface area contributed by atoms with Crippen LogP contribution in [0.15, 0.2) is 42.5 Å². The zero-order valence-electron chi connectivity index (χ0n) is 9.90. The number of hydrogen-bond acceptors (Lipinski definition) is 3. The maximum Gasteiger partial charge on any atom is 0.0401 e.